The molecule has 2 atom stereocenters. The summed E-state index contributed by atoms with van der Waals surface area (Å²) in [6.07, 6.45) is 88.1. The molecule has 0 fully saturated rings. The molecule has 0 radical (unpaired) electrons. The van der Waals surface area contributed by atoms with Crippen LogP contribution in [0, 0.1) is 0 Å². The highest BCUT2D eigenvalue weighted by atomic mass is 16.6. The van der Waals surface area contributed by atoms with Crippen LogP contribution < -0.4 is 0 Å². The summed E-state index contributed by atoms with van der Waals surface area (Å²) in [5.74, 6) is -2.29. The third kappa shape index (κ3) is 79.3. The first-order valence-corrected chi connectivity index (χ1v) is 47.6. The second-order valence-corrected chi connectivity index (χ2v) is 32.9. The van der Waals surface area contributed by atoms with Crippen LogP contribution in [-0.2, 0) is 47.7 Å². The number of ether oxygens (including phenoxy) is 5. The molecule has 0 rings (SSSR count). The Bertz CT molecular complexity index is 1680. The van der Waals surface area contributed by atoms with Crippen LogP contribution >= 0.6 is 0 Å². The molecule has 0 aromatic carbocycles. The fraction of sp³-hybridized carbons (Fsp3) is 0.947. The molecule has 0 N–H and O–H groups in total. The molecular formula is C95H182O10. The molecule has 0 aliphatic carbocycles. The van der Waals surface area contributed by atoms with Crippen LogP contribution in [0.1, 0.15) is 548 Å². The van der Waals surface area contributed by atoms with E-state index >= 15 is 0 Å². The monoisotopic (exact) mass is 1480 g/mol. The fourth-order valence-electron chi connectivity index (χ4n) is 15.1. The van der Waals surface area contributed by atoms with Gasteiger partial charge < -0.3 is 23.7 Å². The first kappa shape index (κ1) is 102. The third-order valence-corrected chi connectivity index (χ3v) is 22.3. The Morgan fingerprint density at radius 2 is 0.286 bits per heavy atom. The largest absolute Gasteiger partial charge is 0.462 e. The SMILES string of the molecule is CCCCCCCCCCCCCCCCCC(=O)OC[C@@H](OC(=O)CCCCCCCCCCCCCCCCC)C(OC(=O)CCCCCCCCCCCCCCCCC)[C@@H](COC(=O)CCCCCCCCCCCCCCCCC)OC(=O)CCCCCCCCCCCCCCCCC. The van der Waals surface area contributed by atoms with Crippen molar-refractivity contribution in [2.45, 2.75) is 567 Å². The predicted molar refractivity (Wildman–Crippen MR) is 449 cm³/mol. The van der Waals surface area contributed by atoms with Crippen LogP contribution in [0.15, 0.2) is 0 Å². The summed E-state index contributed by atoms with van der Waals surface area (Å²) in [5, 5.41) is 0. The molecule has 622 valence electrons. The summed E-state index contributed by atoms with van der Waals surface area (Å²) < 4.78 is 31.2. The molecule has 0 aliphatic heterocycles. The average molecular weight is 1480 g/mol. The van der Waals surface area contributed by atoms with Gasteiger partial charge in [0.25, 0.3) is 0 Å². The Balaban J connectivity index is 6.40. The molecular weight excluding hydrogens is 1300 g/mol. The van der Waals surface area contributed by atoms with Crippen LogP contribution in [0.3, 0.4) is 0 Å². The van der Waals surface area contributed by atoms with Crippen LogP contribution in [0.25, 0.3) is 0 Å². The lowest BCUT2D eigenvalue weighted by atomic mass is 10.0. The van der Waals surface area contributed by atoms with Gasteiger partial charge in [0.2, 0.25) is 0 Å². The van der Waals surface area contributed by atoms with Gasteiger partial charge in [-0.1, -0.05) is 484 Å². The molecule has 0 saturated heterocycles. The molecule has 0 heterocycles. The molecule has 0 aromatic heterocycles. The Kier molecular flexibility index (Phi) is 84.7. The summed E-state index contributed by atoms with van der Waals surface area (Å²) in [4.78, 5) is 70.2. The standard InChI is InChI=1S/C95H182O10/c1-6-11-16-21-26-31-36-41-46-51-56-61-66-71-76-81-90(96)101-86-88(103-92(98)83-78-73-68-63-58-53-48-43-38-33-28-23-18-13-8-3)95(105-94(100)85-80-75-70-65-60-55-50-45-40-35-30-25-20-15-10-5)89(104-93(99)84-79-74-69-64-59-54-49-44-39-34-29-24-19-14-9-4)87-102-91(97)82-77-72-67-62-57-52-47-42-37-32-27-22-17-12-7-2/h88-89,95H,6-87H2,1-5H3/t88-,89-/m1/s1. The highest BCUT2D eigenvalue weighted by molar-refractivity contribution is 5.72. The molecule has 0 saturated carbocycles. The van der Waals surface area contributed by atoms with Gasteiger partial charge in [-0.2, -0.15) is 0 Å². The molecule has 10 heteroatoms. The maximum atomic E-state index is 14.3. The van der Waals surface area contributed by atoms with Crippen LogP contribution in [-0.4, -0.2) is 61.4 Å². The Morgan fingerprint density at radius 3 is 0.438 bits per heavy atom. The first-order valence-electron chi connectivity index (χ1n) is 47.6. The van der Waals surface area contributed by atoms with Gasteiger partial charge in [0.15, 0.2) is 18.3 Å². The van der Waals surface area contributed by atoms with Crippen molar-refractivity contribution in [2.24, 2.45) is 0 Å². The van der Waals surface area contributed by atoms with Crippen molar-refractivity contribution in [1.29, 1.82) is 0 Å². The zero-order valence-electron chi connectivity index (χ0n) is 71.3. The van der Waals surface area contributed by atoms with E-state index in [2.05, 4.69) is 34.6 Å². The Morgan fingerprint density at radius 1 is 0.162 bits per heavy atom. The molecule has 0 unspecified atom stereocenters. The maximum Gasteiger partial charge on any atom is 0.306 e. The summed E-state index contributed by atoms with van der Waals surface area (Å²) >= 11 is 0. The van der Waals surface area contributed by atoms with Crippen molar-refractivity contribution in [3.8, 4) is 0 Å². The van der Waals surface area contributed by atoms with E-state index in [4.69, 9.17) is 23.7 Å². The Hall–Kier alpha value is -2.65. The molecule has 0 aliphatic rings. The number of carbonyl (C=O) groups excluding carboxylic acids is 5. The maximum absolute atomic E-state index is 14.3. The van der Waals surface area contributed by atoms with Gasteiger partial charge in [-0.3, -0.25) is 24.0 Å². The van der Waals surface area contributed by atoms with Crippen LogP contribution in [0.2, 0.25) is 0 Å². The summed E-state index contributed by atoms with van der Waals surface area (Å²) in [6, 6.07) is 0. The van der Waals surface area contributed by atoms with Gasteiger partial charge in [-0.15, -0.1) is 0 Å². The summed E-state index contributed by atoms with van der Waals surface area (Å²) in [6.45, 7) is 10.6. The van der Waals surface area contributed by atoms with E-state index in [1.54, 1.807) is 0 Å². The number of hydrogen-bond donors (Lipinski definition) is 0. The highest BCUT2D eigenvalue weighted by Crippen LogP contribution is 2.24. The average Bonchev–Trinajstić information content (AvgIpc) is 0.848. The van der Waals surface area contributed by atoms with E-state index in [0.717, 1.165) is 96.3 Å². The van der Waals surface area contributed by atoms with Crippen molar-refractivity contribution in [3.63, 3.8) is 0 Å². The van der Waals surface area contributed by atoms with Gasteiger partial charge in [-0.05, 0) is 32.1 Å². The van der Waals surface area contributed by atoms with Gasteiger partial charge >= 0.3 is 29.8 Å². The van der Waals surface area contributed by atoms with Gasteiger partial charge in [0.05, 0.1) is 0 Å². The van der Waals surface area contributed by atoms with E-state index in [0.29, 0.717) is 32.1 Å². The minimum Gasteiger partial charge on any atom is -0.462 e. The fourth-order valence-corrected chi connectivity index (χ4v) is 15.1. The van der Waals surface area contributed by atoms with Crippen molar-refractivity contribution in [2.75, 3.05) is 13.2 Å². The van der Waals surface area contributed by atoms with E-state index in [1.807, 2.05) is 0 Å². The van der Waals surface area contributed by atoms with Crippen molar-refractivity contribution in [3.05, 3.63) is 0 Å². The normalized spacial score (nSPS) is 12.1. The lowest BCUT2D eigenvalue weighted by Crippen LogP contribution is -2.50. The summed E-state index contributed by atoms with van der Waals surface area (Å²) in [7, 11) is 0. The topological polar surface area (TPSA) is 132 Å². The van der Waals surface area contributed by atoms with Crippen molar-refractivity contribution >= 4 is 29.8 Å². The second-order valence-electron chi connectivity index (χ2n) is 32.9. The lowest BCUT2D eigenvalue weighted by molar-refractivity contribution is -0.197. The van der Waals surface area contributed by atoms with E-state index in [1.165, 1.54) is 353 Å². The molecule has 105 heavy (non-hydrogen) atoms. The number of hydrogen-bond acceptors (Lipinski definition) is 10. The molecule has 0 bridgehead atoms. The number of rotatable bonds is 89. The summed E-state index contributed by atoms with van der Waals surface area (Å²) in [5.41, 5.74) is 0. The van der Waals surface area contributed by atoms with Crippen molar-refractivity contribution < 1.29 is 47.7 Å². The predicted octanol–water partition coefficient (Wildman–Crippen LogP) is 31.1. The van der Waals surface area contributed by atoms with Crippen LogP contribution in [0.5, 0.6) is 0 Å². The second kappa shape index (κ2) is 86.9. The minimum atomic E-state index is -1.37. The Labute approximate surface area is 653 Å². The molecule has 0 spiro atoms. The van der Waals surface area contributed by atoms with Gasteiger partial charge in [-0.25, -0.2) is 0 Å². The smallest absolute Gasteiger partial charge is 0.306 e. The van der Waals surface area contributed by atoms with E-state index in [9.17, 15) is 24.0 Å². The lowest BCUT2D eigenvalue weighted by Gasteiger charge is -2.32. The number of carbonyl (C=O) groups is 5. The third-order valence-electron chi connectivity index (χ3n) is 22.3. The minimum absolute atomic E-state index is 0.131. The van der Waals surface area contributed by atoms with Crippen molar-refractivity contribution in [1.82, 2.24) is 0 Å². The van der Waals surface area contributed by atoms with Gasteiger partial charge in [0, 0.05) is 32.1 Å². The van der Waals surface area contributed by atoms with E-state index in [-0.39, 0.29) is 45.3 Å². The zero-order chi connectivity index (χ0) is 76.1. The molecule has 0 amide bonds. The van der Waals surface area contributed by atoms with E-state index < -0.39 is 48.2 Å². The van der Waals surface area contributed by atoms with Crippen LogP contribution in [0.4, 0.5) is 0 Å². The molecule has 10 nitrogen and oxygen atoms in total. The number of esters is 5. The highest BCUT2D eigenvalue weighted by Gasteiger charge is 2.40. The first-order chi connectivity index (χ1) is 51.7. The zero-order valence-corrected chi connectivity index (χ0v) is 71.3. The molecule has 0 aromatic rings. The number of unbranched alkanes of at least 4 members (excludes halogenated alkanes) is 70. The quantitative estimate of drug-likeness (QED) is 0.0329. The van der Waals surface area contributed by atoms with Gasteiger partial charge in [0.1, 0.15) is 13.2 Å².